The van der Waals surface area contributed by atoms with Gasteiger partial charge in [-0.15, -0.1) is 0 Å². The van der Waals surface area contributed by atoms with Gasteiger partial charge in [-0.05, 0) is 56.3 Å². The van der Waals surface area contributed by atoms with Crippen molar-refractivity contribution in [3.63, 3.8) is 0 Å². The number of carboxylic acids is 1. The minimum Gasteiger partial charge on any atom is -0.481 e. The molecule has 2 N–H and O–H groups in total. The highest BCUT2D eigenvalue weighted by atomic mass is 16.4. The van der Waals surface area contributed by atoms with Gasteiger partial charge >= 0.3 is 5.97 Å². The minimum absolute atomic E-state index is 0.0562. The van der Waals surface area contributed by atoms with Gasteiger partial charge in [0.2, 0.25) is 0 Å². The van der Waals surface area contributed by atoms with Crippen molar-refractivity contribution in [2.24, 2.45) is 17.8 Å². The van der Waals surface area contributed by atoms with E-state index in [9.17, 15) is 4.79 Å². The van der Waals surface area contributed by atoms with E-state index in [1.807, 2.05) is 0 Å². The molecule has 0 aromatic carbocycles. The van der Waals surface area contributed by atoms with E-state index in [1.165, 1.54) is 38.5 Å². The molecule has 5 rings (SSSR count). The van der Waals surface area contributed by atoms with Crippen LogP contribution in [-0.2, 0) is 16.6 Å². The van der Waals surface area contributed by atoms with Crippen LogP contribution in [0.15, 0.2) is 0 Å². The Morgan fingerprint density at radius 3 is 2.32 bits per heavy atom. The summed E-state index contributed by atoms with van der Waals surface area (Å²) < 4.78 is 0. The van der Waals surface area contributed by atoms with Crippen molar-refractivity contribution in [3.05, 3.63) is 11.6 Å². The predicted molar refractivity (Wildman–Crippen MR) is 67.6 cm³/mol. The van der Waals surface area contributed by atoms with Gasteiger partial charge in [0.1, 0.15) is 12.2 Å². The monoisotopic (exact) mass is 261 g/mol. The van der Waals surface area contributed by atoms with E-state index >= 15 is 0 Å². The van der Waals surface area contributed by atoms with Gasteiger partial charge in [-0.3, -0.25) is 9.89 Å². The molecule has 0 aliphatic heterocycles. The second-order valence-corrected chi connectivity index (χ2v) is 6.87. The van der Waals surface area contributed by atoms with E-state index in [-0.39, 0.29) is 11.8 Å². The Morgan fingerprint density at radius 1 is 1.21 bits per heavy atom. The number of rotatable bonds is 3. The predicted octanol–water partition coefficient (Wildman–Crippen LogP) is 1.90. The molecule has 1 heterocycles. The number of hydrogen-bond acceptors (Lipinski definition) is 3. The van der Waals surface area contributed by atoms with Crippen LogP contribution in [0.2, 0.25) is 0 Å². The van der Waals surface area contributed by atoms with E-state index in [4.69, 9.17) is 5.11 Å². The number of aromatic nitrogens is 3. The summed E-state index contributed by atoms with van der Waals surface area (Å²) >= 11 is 0. The first-order valence-electron chi connectivity index (χ1n) is 7.26. The Bertz CT molecular complexity index is 487. The van der Waals surface area contributed by atoms with E-state index in [1.54, 1.807) is 0 Å². The number of hydrogen-bond donors (Lipinski definition) is 2. The zero-order valence-electron chi connectivity index (χ0n) is 10.9. The molecule has 0 unspecified atom stereocenters. The summed E-state index contributed by atoms with van der Waals surface area (Å²) in [7, 11) is 0. The molecule has 1 aromatic heterocycles. The summed E-state index contributed by atoms with van der Waals surface area (Å²) in [5.74, 6) is 3.10. The molecule has 0 radical (unpaired) electrons. The fraction of sp³-hybridized carbons (Fsp3) is 0.786. The average molecular weight is 261 g/mol. The van der Waals surface area contributed by atoms with Gasteiger partial charge in [0.15, 0.2) is 5.82 Å². The maximum absolute atomic E-state index is 10.7. The first-order valence-corrected chi connectivity index (χ1v) is 7.26. The van der Waals surface area contributed by atoms with Gasteiger partial charge in [-0.1, -0.05) is 0 Å². The number of nitrogens with zero attached hydrogens (tertiary/aromatic N) is 2. The van der Waals surface area contributed by atoms with Crippen molar-refractivity contribution in [2.75, 3.05) is 0 Å². The Kier molecular flexibility index (Phi) is 2.29. The standard InChI is InChI=1S/C14H19N3O2/c18-12(19)4-11-15-13(17-16-11)14-5-8-1-9(6-14)3-10(2-8)7-14/h8-10H,1-7H2,(H,18,19)(H,15,16,17). The van der Waals surface area contributed by atoms with Crippen LogP contribution in [0.1, 0.15) is 50.2 Å². The fourth-order valence-corrected chi connectivity index (χ4v) is 5.14. The number of nitrogens with one attached hydrogen (secondary N) is 1. The Hall–Kier alpha value is -1.39. The van der Waals surface area contributed by atoms with Crippen molar-refractivity contribution in [2.45, 2.75) is 50.4 Å². The lowest BCUT2D eigenvalue weighted by molar-refractivity contribution is -0.136. The molecular weight excluding hydrogens is 242 g/mol. The van der Waals surface area contributed by atoms with Gasteiger partial charge in [-0.25, -0.2) is 4.98 Å². The highest BCUT2D eigenvalue weighted by Crippen LogP contribution is 2.60. The summed E-state index contributed by atoms with van der Waals surface area (Å²) in [5.41, 5.74) is 0.155. The summed E-state index contributed by atoms with van der Waals surface area (Å²) in [6.45, 7) is 0. The lowest BCUT2D eigenvalue weighted by atomic mass is 9.49. The lowest BCUT2D eigenvalue weighted by Gasteiger charge is -2.55. The normalized spacial score (nSPS) is 39.7. The first-order chi connectivity index (χ1) is 9.13. The van der Waals surface area contributed by atoms with Gasteiger partial charge < -0.3 is 5.11 Å². The molecule has 4 fully saturated rings. The summed E-state index contributed by atoms with van der Waals surface area (Å²) in [6, 6.07) is 0. The number of aromatic amines is 1. The van der Waals surface area contributed by atoms with Gasteiger partial charge in [0, 0.05) is 5.41 Å². The van der Waals surface area contributed by atoms with Crippen molar-refractivity contribution >= 4 is 5.97 Å². The van der Waals surface area contributed by atoms with Crippen LogP contribution in [0, 0.1) is 17.8 Å². The third-order valence-electron chi connectivity index (χ3n) is 5.36. The SMILES string of the molecule is O=C(O)Cc1nc(C23CC4CC(CC(C4)C2)C3)n[nH]1. The maximum atomic E-state index is 10.7. The molecule has 4 bridgehead atoms. The second-order valence-electron chi connectivity index (χ2n) is 6.87. The molecule has 19 heavy (non-hydrogen) atoms. The second kappa shape index (κ2) is 3.81. The Labute approximate surface area is 111 Å². The number of carbonyl (C=O) groups is 1. The number of H-pyrrole nitrogens is 1. The topological polar surface area (TPSA) is 78.9 Å². The lowest BCUT2D eigenvalue weighted by Crippen LogP contribution is -2.49. The first kappa shape index (κ1) is 11.4. The molecule has 5 heteroatoms. The molecule has 0 amide bonds. The highest BCUT2D eigenvalue weighted by molar-refractivity contribution is 5.68. The summed E-state index contributed by atoms with van der Waals surface area (Å²) in [5, 5.41) is 16.0. The van der Waals surface area contributed by atoms with Crippen LogP contribution in [-0.4, -0.2) is 26.3 Å². The third-order valence-corrected chi connectivity index (χ3v) is 5.36. The Morgan fingerprint density at radius 2 is 1.79 bits per heavy atom. The molecule has 5 nitrogen and oxygen atoms in total. The van der Waals surface area contributed by atoms with E-state index in [0.717, 1.165) is 23.6 Å². The molecular formula is C14H19N3O2. The molecule has 102 valence electrons. The zero-order chi connectivity index (χ0) is 13.0. The van der Waals surface area contributed by atoms with Crippen LogP contribution in [0.25, 0.3) is 0 Å². The smallest absolute Gasteiger partial charge is 0.311 e. The van der Waals surface area contributed by atoms with E-state index < -0.39 is 5.97 Å². The van der Waals surface area contributed by atoms with Crippen LogP contribution < -0.4 is 0 Å². The maximum Gasteiger partial charge on any atom is 0.311 e. The van der Waals surface area contributed by atoms with E-state index in [0.29, 0.717) is 5.82 Å². The van der Waals surface area contributed by atoms with Crippen LogP contribution in [0.3, 0.4) is 0 Å². The van der Waals surface area contributed by atoms with E-state index in [2.05, 4.69) is 15.2 Å². The van der Waals surface area contributed by atoms with Crippen molar-refractivity contribution < 1.29 is 9.90 Å². The van der Waals surface area contributed by atoms with Crippen LogP contribution >= 0.6 is 0 Å². The summed E-state index contributed by atoms with van der Waals surface area (Å²) in [6.07, 6.45) is 7.76. The van der Waals surface area contributed by atoms with Crippen molar-refractivity contribution in [3.8, 4) is 0 Å². The molecule has 4 aliphatic rings. The summed E-state index contributed by atoms with van der Waals surface area (Å²) in [4.78, 5) is 15.2. The van der Waals surface area contributed by atoms with Gasteiger partial charge in [-0.2, -0.15) is 5.10 Å². The van der Waals surface area contributed by atoms with Crippen molar-refractivity contribution in [1.29, 1.82) is 0 Å². The molecule has 0 atom stereocenters. The van der Waals surface area contributed by atoms with Crippen LogP contribution in [0.4, 0.5) is 0 Å². The molecule has 0 spiro atoms. The largest absolute Gasteiger partial charge is 0.481 e. The molecule has 4 aliphatic carbocycles. The number of carboxylic acid groups (broad SMARTS) is 1. The molecule has 1 aromatic rings. The zero-order valence-corrected chi connectivity index (χ0v) is 10.9. The van der Waals surface area contributed by atoms with Crippen LogP contribution in [0.5, 0.6) is 0 Å². The van der Waals surface area contributed by atoms with Crippen molar-refractivity contribution in [1.82, 2.24) is 15.2 Å². The highest BCUT2D eigenvalue weighted by Gasteiger charge is 2.53. The Balaban J connectivity index is 1.64. The molecule has 0 saturated heterocycles. The quantitative estimate of drug-likeness (QED) is 0.871. The van der Waals surface area contributed by atoms with Gasteiger partial charge in [0.05, 0.1) is 0 Å². The minimum atomic E-state index is -0.854. The third kappa shape index (κ3) is 1.78. The molecule has 4 saturated carbocycles. The fourth-order valence-electron chi connectivity index (χ4n) is 5.14. The van der Waals surface area contributed by atoms with Gasteiger partial charge in [0.25, 0.3) is 0 Å². The average Bonchev–Trinajstić information content (AvgIpc) is 2.75. The number of aliphatic carboxylic acids is 1.